The van der Waals surface area contributed by atoms with Crippen LogP contribution in [0.5, 0.6) is 11.5 Å². The Kier molecular flexibility index (Phi) is 3.15. The lowest BCUT2D eigenvalue weighted by atomic mass is 9.66. The summed E-state index contributed by atoms with van der Waals surface area (Å²) in [4.78, 5) is 14.2. The van der Waals surface area contributed by atoms with E-state index in [1.807, 2.05) is 12.1 Å². The van der Waals surface area contributed by atoms with Crippen molar-refractivity contribution in [1.82, 2.24) is 4.90 Å². The number of hydrogen-bond donors (Lipinski definition) is 0. The van der Waals surface area contributed by atoms with Crippen molar-refractivity contribution in [3.05, 3.63) is 23.8 Å². The first-order valence-corrected chi connectivity index (χ1v) is 7.88. The Balaban J connectivity index is 1.72. The molecule has 0 aromatic heterocycles. The molecular weight excluding hydrogens is 285 g/mol. The second-order valence-corrected chi connectivity index (χ2v) is 6.65. The molecule has 1 aromatic carbocycles. The van der Waals surface area contributed by atoms with E-state index in [0.29, 0.717) is 30.1 Å². The molecule has 2 aliphatic heterocycles. The average molecular weight is 305 g/mol. The Labute approximate surface area is 129 Å². The van der Waals surface area contributed by atoms with Crippen molar-refractivity contribution in [2.45, 2.75) is 43.5 Å². The number of nitrogens with zero attached hydrogens (tertiary/aromatic N) is 1. The van der Waals surface area contributed by atoms with Gasteiger partial charge in [0.1, 0.15) is 5.78 Å². The third-order valence-electron chi connectivity index (χ3n) is 5.49. The number of hydrogen-bond acceptors (Lipinski definition) is 4. The molecule has 0 spiro atoms. The summed E-state index contributed by atoms with van der Waals surface area (Å²) in [5, 5.41) is 0. The number of likely N-dealkylation sites (tertiary alicyclic amines) is 1. The number of Topliss-reactive ketones (excluding diaryl/α,β-unsaturated/α-hetero) is 1. The van der Waals surface area contributed by atoms with Gasteiger partial charge in [-0.1, -0.05) is 6.07 Å². The number of halogens is 1. The highest BCUT2D eigenvalue weighted by Gasteiger charge is 2.50. The fourth-order valence-electron chi connectivity index (χ4n) is 4.28. The predicted molar refractivity (Wildman–Crippen MR) is 79.0 cm³/mol. The molecule has 3 aliphatic rings. The highest BCUT2D eigenvalue weighted by Crippen LogP contribution is 2.49. The number of rotatable bonds is 1. The molecule has 4 rings (SSSR count). The maximum atomic E-state index is 13.2. The molecule has 2 fully saturated rings. The van der Waals surface area contributed by atoms with Gasteiger partial charge in [-0.2, -0.15) is 4.39 Å². The number of likely N-dealkylation sites (N-methyl/N-ethyl adjacent to an activating group) is 1. The molecule has 2 heterocycles. The summed E-state index contributed by atoms with van der Waals surface area (Å²) >= 11 is 0. The molecule has 3 atom stereocenters. The maximum Gasteiger partial charge on any atom is 0.272 e. The summed E-state index contributed by atoms with van der Waals surface area (Å²) in [5.74, 6) is 1.44. The minimum absolute atomic E-state index is 0.00755. The summed E-state index contributed by atoms with van der Waals surface area (Å²) in [5.41, 5.74) is 1.20. The van der Waals surface area contributed by atoms with Crippen molar-refractivity contribution in [3.63, 3.8) is 0 Å². The number of benzene rings is 1. The zero-order valence-electron chi connectivity index (χ0n) is 12.7. The largest absolute Gasteiger partial charge is 0.483 e. The average Bonchev–Trinajstić information content (AvgIpc) is 2.85. The fraction of sp³-hybridized carbons (Fsp3) is 0.588. The number of ketones is 1. The summed E-state index contributed by atoms with van der Waals surface area (Å²) in [6.07, 6.45) is 1.80. The van der Waals surface area contributed by atoms with Gasteiger partial charge in [-0.15, -0.1) is 0 Å². The molecule has 0 radical (unpaired) electrons. The van der Waals surface area contributed by atoms with Gasteiger partial charge in [0, 0.05) is 24.3 Å². The molecule has 1 aromatic rings. The molecule has 4 nitrogen and oxygen atoms in total. The van der Waals surface area contributed by atoms with Crippen molar-refractivity contribution in [1.29, 1.82) is 0 Å². The summed E-state index contributed by atoms with van der Waals surface area (Å²) < 4.78 is 23.9. The number of alkyl halides is 1. The maximum absolute atomic E-state index is 13.2. The van der Waals surface area contributed by atoms with Gasteiger partial charge in [-0.05, 0) is 44.1 Å². The van der Waals surface area contributed by atoms with Gasteiger partial charge in [0.25, 0.3) is 6.36 Å². The zero-order valence-corrected chi connectivity index (χ0v) is 12.7. The van der Waals surface area contributed by atoms with E-state index in [1.165, 1.54) is 5.56 Å². The Morgan fingerprint density at radius 1 is 1.32 bits per heavy atom. The van der Waals surface area contributed by atoms with E-state index in [9.17, 15) is 9.18 Å². The first-order chi connectivity index (χ1) is 10.6. The van der Waals surface area contributed by atoms with Crippen LogP contribution in [0.4, 0.5) is 4.39 Å². The van der Waals surface area contributed by atoms with Crippen LogP contribution >= 0.6 is 0 Å². The number of ether oxygens (including phenoxy) is 2. The number of fused-ring (bicyclic) bond motifs is 2. The van der Waals surface area contributed by atoms with E-state index in [1.54, 1.807) is 6.07 Å². The lowest BCUT2D eigenvalue weighted by molar-refractivity contribution is -0.122. The van der Waals surface area contributed by atoms with Gasteiger partial charge in [0.15, 0.2) is 18.1 Å². The lowest BCUT2D eigenvalue weighted by Crippen LogP contribution is -2.46. The summed E-state index contributed by atoms with van der Waals surface area (Å²) in [7, 11) is 2.09. The molecule has 1 aliphatic carbocycles. The molecule has 118 valence electrons. The quantitative estimate of drug-likeness (QED) is 0.799. The van der Waals surface area contributed by atoms with E-state index in [2.05, 4.69) is 11.9 Å². The van der Waals surface area contributed by atoms with E-state index in [-0.39, 0.29) is 18.1 Å². The van der Waals surface area contributed by atoms with E-state index >= 15 is 0 Å². The molecule has 22 heavy (non-hydrogen) atoms. The van der Waals surface area contributed by atoms with Crippen molar-refractivity contribution >= 4 is 5.78 Å². The van der Waals surface area contributed by atoms with Crippen molar-refractivity contribution in [2.75, 3.05) is 20.2 Å². The molecule has 0 amide bonds. The lowest BCUT2D eigenvalue weighted by Gasteiger charge is -2.41. The van der Waals surface area contributed by atoms with E-state index < -0.39 is 6.36 Å². The Bertz CT molecular complexity index is 620. The normalized spacial score (nSPS) is 34.5. The predicted octanol–water partition coefficient (Wildman–Crippen LogP) is 2.45. The van der Waals surface area contributed by atoms with Crippen LogP contribution in [0.3, 0.4) is 0 Å². The number of carbonyl (C=O) groups is 1. The Morgan fingerprint density at radius 2 is 2.18 bits per heavy atom. The molecule has 0 unspecified atom stereocenters. The first-order valence-electron chi connectivity index (χ1n) is 7.88. The fourth-order valence-corrected chi connectivity index (χ4v) is 4.28. The van der Waals surface area contributed by atoms with Gasteiger partial charge in [-0.3, -0.25) is 4.79 Å². The number of carbonyl (C=O) groups excluding carboxylic acids is 1. The van der Waals surface area contributed by atoms with E-state index in [0.717, 1.165) is 19.4 Å². The third-order valence-corrected chi connectivity index (χ3v) is 5.49. The van der Waals surface area contributed by atoms with Crippen molar-refractivity contribution < 1.29 is 18.7 Å². The minimum Gasteiger partial charge on any atom is -0.483 e. The van der Waals surface area contributed by atoms with Gasteiger partial charge >= 0.3 is 0 Å². The van der Waals surface area contributed by atoms with Crippen LogP contribution in [-0.2, 0) is 10.2 Å². The van der Waals surface area contributed by atoms with E-state index in [4.69, 9.17) is 9.47 Å². The third kappa shape index (κ3) is 2.02. The Morgan fingerprint density at radius 3 is 3.05 bits per heavy atom. The van der Waals surface area contributed by atoms with Gasteiger partial charge in [0.05, 0.1) is 0 Å². The van der Waals surface area contributed by atoms with Gasteiger partial charge in [0.2, 0.25) is 0 Å². The molecule has 0 bridgehead atoms. The minimum atomic E-state index is -1.39. The molecule has 1 saturated heterocycles. The van der Waals surface area contributed by atoms with Crippen molar-refractivity contribution in [2.24, 2.45) is 0 Å². The SMILES string of the molecule is CN1CC[C@]2(c3ccc4c(c3)OC[C@H](F)O4)CCC(=O)C[C@H]12. The summed E-state index contributed by atoms with van der Waals surface area (Å²) in [6.45, 7) is 0.935. The van der Waals surface area contributed by atoms with Crippen LogP contribution in [0.15, 0.2) is 18.2 Å². The highest BCUT2D eigenvalue weighted by atomic mass is 19.1. The second-order valence-electron chi connectivity index (χ2n) is 6.65. The molecule has 0 N–H and O–H groups in total. The standard InChI is InChI=1S/C17H20FNO3/c1-19-7-6-17(5-4-12(20)9-15(17)19)11-2-3-13-14(8-11)21-10-16(18)22-13/h2-3,8,15-16H,4-7,9-10H2,1H3/t15-,16+,17-/m0/s1. The summed E-state index contributed by atoms with van der Waals surface area (Å²) in [6, 6.07) is 6.06. The molecular formula is C17H20FNO3. The van der Waals surface area contributed by atoms with Crippen LogP contribution in [0.25, 0.3) is 0 Å². The van der Waals surface area contributed by atoms with Crippen molar-refractivity contribution in [3.8, 4) is 11.5 Å². The van der Waals surface area contributed by atoms with Gasteiger partial charge < -0.3 is 14.4 Å². The van der Waals surface area contributed by atoms with Gasteiger partial charge in [-0.25, -0.2) is 0 Å². The van der Waals surface area contributed by atoms with Crippen LogP contribution in [-0.4, -0.2) is 43.3 Å². The second kappa shape index (κ2) is 4.95. The first kappa shape index (κ1) is 14.0. The Hall–Kier alpha value is -1.62. The molecule has 5 heteroatoms. The van der Waals surface area contributed by atoms with Crippen LogP contribution < -0.4 is 9.47 Å². The monoisotopic (exact) mass is 305 g/mol. The zero-order chi connectivity index (χ0) is 15.3. The highest BCUT2D eigenvalue weighted by molar-refractivity contribution is 5.81. The van der Waals surface area contributed by atoms with Crippen LogP contribution in [0, 0.1) is 0 Å². The smallest absolute Gasteiger partial charge is 0.272 e. The van der Waals surface area contributed by atoms with Crippen LogP contribution in [0.1, 0.15) is 31.2 Å². The topological polar surface area (TPSA) is 38.8 Å². The molecule has 1 saturated carbocycles. The van der Waals surface area contributed by atoms with Crippen LogP contribution in [0.2, 0.25) is 0 Å².